The largest absolute Gasteiger partial charge is 0.465 e. The molecule has 1 amide bonds. The van der Waals surface area contributed by atoms with Gasteiger partial charge in [-0.3, -0.25) is 9.69 Å². The van der Waals surface area contributed by atoms with Crippen LogP contribution in [-0.2, 0) is 4.43 Å². The highest BCUT2D eigenvalue weighted by Gasteiger charge is 2.39. The molecule has 1 atom stereocenters. The van der Waals surface area contributed by atoms with Gasteiger partial charge in [0.15, 0.2) is 19.6 Å². The monoisotopic (exact) mass is 412 g/mol. The second-order valence-corrected chi connectivity index (χ2v) is 13.7. The summed E-state index contributed by atoms with van der Waals surface area (Å²) < 4.78 is 20.4. The number of rotatable bonds is 7. The van der Waals surface area contributed by atoms with E-state index in [1.165, 1.54) is 11.3 Å². The number of benzene rings is 1. The summed E-state index contributed by atoms with van der Waals surface area (Å²) in [5.74, 6) is 0. The van der Waals surface area contributed by atoms with E-state index < -0.39 is 27.2 Å². The maximum absolute atomic E-state index is 13.6. The van der Waals surface area contributed by atoms with Gasteiger partial charge in [0.25, 0.3) is 0 Å². The van der Waals surface area contributed by atoms with E-state index in [1.54, 1.807) is 18.2 Å². The minimum absolute atomic E-state index is 0.108. The number of thiazole rings is 1. The molecule has 148 valence electrons. The number of hydrogen-bond acceptors (Lipinski definition) is 5. The highest BCUT2D eigenvalue weighted by atomic mass is 32.1. The molecule has 0 aliphatic heterocycles. The third kappa shape index (κ3) is 4.91. The van der Waals surface area contributed by atoms with Gasteiger partial charge in [-0.2, -0.15) is 0 Å². The van der Waals surface area contributed by atoms with Crippen molar-refractivity contribution < 1.29 is 23.5 Å². The number of fused-ring (bicyclic) bond motifs is 1. The molecular formula is C18H25FN2O4SSi. The second kappa shape index (κ2) is 8.03. The Balaban J connectivity index is 2.28. The molecule has 1 unspecified atom stereocenters. The predicted molar refractivity (Wildman–Crippen MR) is 108 cm³/mol. The average Bonchev–Trinajstić information content (AvgIpc) is 2.99. The highest BCUT2D eigenvalue weighted by Crippen LogP contribution is 2.37. The van der Waals surface area contributed by atoms with Crippen molar-refractivity contribution >= 4 is 47.9 Å². The van der Waals surface area contributed by atoms with Gasteiger partial charge >= 0.3 is 6.09 Å². The van der Waals surface area contributed by atoms with Crippen LogP contribution < -0.4 is 4.90 Å². The van der Waals surface area contributed by atoms with Gasteiger partial charge in [-0.25, -0.2) is 14.2 Å². The molecule has 0 spiro atoms. The van der Waals surface area contributed by atoms with E-state index >= 15 is 0 Å². The van der Waals surface area contributed by atoms with Crippen molar-refractivity contribution in [3.63, 3.8) is 0 Å². The molecule has 1 aromatic carbocycles. The fourth-order valence-corrected chi connectivity index (χ4v) is 4.50. The molecule has 2 rings (SSSR count). The minimum Gasteiger partial charge on any atom is -0.465 e. The molecule has 27 heavy (non-hydrogen) atoms. The zero-order valence-corrected chi connectivity index (χ0v) is 18.0. The molecule has 1 N–H and O–H groups in total. The first-order valence-electron chi connectivity index (χ1n) is 8.58. The number of anilines is 1. The number of hydrogen-bond donors (Lipinski definition) is 1. The van der Waals surface area contributed by atoms with Crippen LogP contribution in [0.25, 0.3) is 10.2 Å². The normalized spacial score (nSPS) is 13.6. The highest BCUT2D eigenvalue weighted by molar-refractivity contribution is 7.20. The van der Waals surface area contributed by atoms with Crippen molar-refractivity contribution in [3.05, 3.63) is 23.2 Å². The smallest absolute Gasteiger partial charge is 0.411 e. The summed E-state index contributed by atoms with van der Waals surface area (Å²) in [6.07, 6.45) is -1.37. The number of alkyl halides is 1. The molecule has 0 bridgehead atoms. The number of halogens is 1. The summed E-state index contributed by atoms with van der Waals surface area (Å²) in [6, 6.07) is 4.91. The van der Waals surface area contributed by atoms with Crippen molar-refractivity contribution in [2.24, 2.45) is 0 Å². The van der Waals surface area contributed by atoms with E-state index in [0.29, 0.717) is 27.2 Å². The fraction of sp³-hybridized carbons (Fsp3) is 0.500. The zero-order valence-electron chi connectivity index (χ0n) is 16.2. The first-order chi connectivity index (χ1) is 12.5. The number of aromatic nitrogens is 1. The van der Waals surface area contributed by atoms with Crippen molar-refractivity contribution in [3.8, 4) is 0 Å². The SMILES string of the molecule is CC(C)(C)[Si](C)(C)OC(CF)CN(C(=O)O)c1ccc2nc(C=O)sc2c1. The molecule has 0 saturated heterocycles. The standard InChI is InChI=1S/C18H25FN2O4SSi/c1-18(2,3)27(4,5)25-13(9-19)10-21(17(23)24)12-6-7-14-15(8-12)26-16(11-22)20-14/h6-8,11,13H,9-10H2,1-5H3,(H,23,24). The first kappa shape index (κ1) is 21.5. The van der Waals surface area contributed by atoms with Crippen LogP contribution in [0.2, 0.25) is 18.1 Å². The first-order valence-corrected chi connectivity index (χ1v) is 12.3. The van der Waals surface area contributed by atoms with E-state index in [2.05, 4.69) is 4.98 Å². The number of amides is 1. The summed E-state index contributed by atoms with van der Waals surface area (Å²) in [5.41, 5.74) is 1.02. The Bertz CT molecular complexity index is 834. The van der Waals surface area contributed by atoms with Crippen molar-refractivity contribution in [2.75, 3.05) is 18.1 Å². The van der Waals surface area contributed by atoms with Crippen LogP contribution >= 0.6 is 11.3 Å². The molecule has 1 heterocycles. The average molecular weight is 413 g/mol. The quantitative estimate of drug-likeness (QED) is 0.514. The third-order valence-electron chi connectivity index (χ3n) is 4.86. The summed E-state index contributed by atoms with van der Waals surface area (Å²) in [4.78, 5) is 27.9. The summed E-state index contributed by atoms with van der Waals surface area (Å²) in [6.45, 7) is 9.28. The molecule has 0 aliphatic carbocycles. The Morgan fingerprint density at radius 1 is 1.44 bits per heavy atom. The minimum atomic E-state index is -2.24. The van der Waals surface area contributed by atoms with E-state index in [1.807, 2.05) is 33.9 Å². The Labute approximate surface area is 163 Å². The lowest BCUT2D eigenvalue weighted by atomic mass is 10.2. The van der Waals surface area contributed by atoms with Gasteiger partial charge in [0.1, 0.15) is 6.67 Å². The molecular weight excluding hydrogens is 387 g/mol. The van der Waals surface area contributed by atoms with Gasteiger partial charge in [-0.1, -0.05) is 20.8 Å². The fourth-order valence-electron chi connectivity index (χ4n) is 2.36. The van der Waals surface area contributed by atoms with Crippen molar-refractivity contribution in [2.45, 2.75) is 45.0 Å². The van der Waals surface area contributed by atoms with Gasteiger partial charge in [0, 0.05) is 5.69 Å². The molecule has 9 heteroatoms. The Morgan fingerprint density at radius 3 is 2.63 bits per heavy atom. The van der Waals surface area contributed by atoms with Gasteiger partial charge < -0.3 is 9.53 Å². The van der Waals surface area contributed by atoms with Gasteiger partial charge in [0.05, 0.1) is 22.9 Å². The molecule has 6 nitrogen and oxygen atoms in total. The Hall–Kier alpha value is -1.84. The molecule has 1 aromatic heterocycles. The number of carboxylic acid groups (broad SMARTS) is 1. The predicted octanol–water partition coefficient (Wildman–Crippen LogP) is 4.95. The number of nitrogens with zero attached hydrogens (tertiary/aromatic N) is 2. The molecule has 0 saturated carbocycles. The molecule has 0 radical (unpaired) electrons. The maximum Gasteiger partial charge on any atom is 0.411 e. The summed E-state index contributed by atoms with van der Waals surface area (Å²) in [7, 11) is -2.24. The van der Waals surface area contributed by atoms with Crippen molar-refractivity contribution in [1.82, 2.24) is 4.98 Å². The van der Waals surface area contributed by atoms with E-state index in [0.717, 1.165) is 4.90 Å². The van der Waals surface area contributed by atoms with Crippen LogP contribution in [0.4, 0.5) is 14.9 Å². The van der Waals surface area contributed by atoms with Crippen LogP contribution in [0.15, 0.2) is 18.2 Å². The lowest BCUT2D eigenvalue weighted by Gasteiger charge is -2.39. The van der Waals surface area contributed by atoms with Crippen molar-refractivity contribution in [1.29, 1.82) is 0 Å². The molecule has 2 aromatic rings. The topological polar surface area (TPSA) is 79.7 Å². The summed E-state index contributed by atoms with van der Waals surface area (Å²) in [5, 5.41) is 9.86. The zero-order chi connectivity index (χ0) is 20.4. The number of carbonyl (C=O) groups is 2. The van der Waals surface area contributed by atoms with Gasteiger partial charge in [-0.15, -0.1) is 11.3 Å². The van der Waals surface area contributed by atoms with E-state index in [9.17, 15) is 19.1 Å². The van der Waals surface area contributed by atoms with Crippen LogP contribution in [0.5, 0.6) is 0 Å². The number of aldehydes is 1. The van der Waals surface area contributed by atoms with Gasteiger partial charge in [-0.05, 0) is 36.3 Å². The van der Waals surface area contributed by atoms with E-state index in [-0.39, 0.29) is 11.6 Å². The third-order valence-corrected chi connectivity index (χ3v) is 10.3. The van der Waals surface area contributed by atoms with Crippen LogP contribution in [0, 0.1) is 0 Å². The van der Waals surface area contributed by atoms with Gasteiger partial charge in [0.2, 0.25) is 0 Å². The van der Waals surface area contributed by atoms with Crippen LogP contribution in [0.3, 0.4) is 0 Å². The maximum atomic E-state index is 13.6. The van der Waals surface area contributed by atoms with E-state index in [4.69, 9.17) is 4.43 Å². The number of carbonyl (C=O) groups excluding carboxylic acids is 1. The summed E-state index contributed by atoms with van der Waals surface area (Å²) >= 11 is 1.18. The molecule has 0 fully saturated rings. The lowest BCUT2D eigenvalue weighted by molar-refractivity contribution is 0.112. The van der Waals surface area contributed by atoms with Crippen LogP contribution in [0.1, 0.15) is 30.6 Å². The Morgan fingerprint density at radius 2 is 2.11 bits per heavy atom. The Kier molecular flexibility index (Phi) is 6.38. The van der Waals surface area contributed by atoms with Crippen LogP contribution in [-0.4, -0.2) is 50.1 Å². The second-order valence-electron chi connectivity index (χ2n) is 7.87. The lowest BCUT2D eigenvalue weighted by Crippen LogP contribution is -2.48. The molecule has 0 aliphatic rings.